The molecule has 0 saturated heterocycles. The maximum atomic E-state index is 13.1. The minimum atomic E-state index is -1.01. The van der Waals surface area contributed by atoms with Crippen LogP contribution in [0.25, 0.3) is 0 Å². The summed E-state index contributed by atoms with van der Waals surface area (Å²) in [4.78, 5) is 9.92. The normalized spacial score (nSPS) is 14.9. The number of nitrogens with one attached hydrogen (secondary N) is 1. The van der Waals surface area contributed by atoms with Crippen molar-refractivity contribution >= 4 is 23.0 Å². The lowest BCUT2D eigenvalue weighted by Crippen LogP contribution is -2.05. The van der Waals surface area contributed by atoms with Crippen LogP contribution in [0.3, 0.4) is 0 Å². The molecule has 2 rings (SSSR count). The van der Waals surface area contributed by atoms with E-state index in [0.717, 1.165) is 12.8 Å². The first-order valence-electron chi connectivity index (χ1n) is 4.62. The minimum Gasteiger partial charge on any atom is -0.504 e. The Morgan fingerprint density at radius 3 is 2.75 bits per heavy atom. The molecule has 0 heterocycles. The molecular formula is C9H8ClFN2O3. The topological polar surface area (TPSA) is 75.4 Å². The van der Waals surface area contributed by atoms with Gasteiger partial charge in [-0.1, -0.05) is 11.6 Å². The Morgan fingerprint density at radius 1 is 1.62 bits per heavy atom. The van der Waals surface area contributed by atoms with Crippen LogP contribution in [-0.2, 0) is 0 Å². The maximum Gasteiger partial charge on any atom is 0.299 e. The Bertz CT molecular complexity index is 463. The van der Waals surface area contributed by atoms with Gasteiger partial charge in [0.25, 0.3) is 5.69 Å². The molecule has 2 N–H and O–H groups in total. The van der Waals surface area contributed by atoms with Gasteiger partial charge in [-0.25, -0.2) is 4.39 Å². The van der Waals surface area contributed by atoms with Crippen LogP contribution < -0.4 is 5.32 Å². The first-order valence-corrected chi connectivity index (χ1v) is 5.00. The fourth-order valence-corrected chi connectivity index (χ4v) is 1.47. The van der Waals surface area contributed by atoms with Crippen LogP contribution in [0.5, 0.6) is 5.75 Å². The molecule has 0 amide bonds. The number of hydrogen-bond acceptors (Lipinski definition) is 4. The van der Waals surface area contributed by atoms with Gasteiger partial charge in [-0.05, 0) is 12.8 Å². The number of anilines is 1. The van der Waals surface area contributed by atoms with E-state index in [9.17, 15) is 19.6 Å². The molecule has 0 unspecified atom stereocenters. The third-order valence-electron chi connectivity index (χ3n) is 2.30. The second kappa shape index (κ2) is 3.79. The van der Waals surface area contributed by atoms with Gasteiger partial charge >= 0.3 is 0 Å². The first kappa shape index (κ1) is 10.9. The van der Waals surface area contributed by atoms with Crippen LogP contribution in [0.4, 0.5) is 15.8 Å². The fourth-order valence-electron chi connectivity index (χ4n) is 1.32. The molecule has 1 aliphatic rings. The van der Waals surface area contributed by atoms with Gasteiger partial charge in [0.2, 0.25) is 0 Å². The van der Waals surface area contributed by atoms with Gasteiger partial charge in [-0.2, -0.15) is 0 Å². The van der Waals surface area contributed by atoms with E-state index in [1.54, 1.807) is 0 Å². The predicted octanol–water partition coefficient (Wildman–Crippen LogP) is 2.67. The number of aromatic hydroxyl groups is 1. The van der Waals surface area contributed by atoms with E-state index >= 15 is 0 Å². The Labute approximate surface area is 95.0 Å². The molecule has 0 aliphatic heterocycles. The lowest BCUT2D eigenvalue weighted by atomic mass is 10.2. The molecule has 1 aromatic carbocycles. The van der Waals surface area contributed by atoms with E-state index in [2.05, 4.69) is 5.32 Å². The summed E-state index contributed by atoms with van der Waals surface area (Å²) in [6, 6.07) is 0.790. The van der Waals surface area contributed by atoms with Crippen molar-refractivity contribution in [2.45, 2.75) is 18.9 Å². The zero-order valence-corrected chi connectivity index (χ0v) is 8.79. The summed E-state index contributed by atoms with van der Waals surface area (Å²) >= 11 is 5.48. The van der Waals surface area contributed by atoms with Crippen molar-refractivity contribution in [2.75, 3.05) is 5.32 Å². The van der Waals surface area contributed by atoms with Gasteiger partial charge in [0, 0.05) is 6.04 Å². The van der Waals surface area contributed by atoms with E-state index < -0.39 is 27.2 Å². The number of benzene rings is 1. The fraction of sp³-hybridized carbons (Fsp3) is 0.333. The molecule has 5 nitrogen and oxygen atoms in total. The molecule has 0 bridgehead atoms. The maximum absolute atomic E-state index is 13.1. The van der Waals surface area contributed by atoms with Crippen LogP contribution >= 0.6 is 11.6 Å². The third kappa shape index (κ3) is 1.88. The predicted molar refractivity (Wildman–Crippen MR) is 56.4 cm³/mol. The summed E-state index contributed by atoms with van der Waals surface area (Å²) in [5, 5.41) is 22.5. The Morgan fingerprint density at radius 2 is 2.25 bits per heavy atom. The van der Waals surface area contributed by atoms with Crippen LogP contribution in [0, 0.1) is 15.9 Å². The quantitative estimate of drug-likeness (QED) is 0.488. The number of nitrogens with zero attached hydrogens (tertiary/aromatic N) is 1. The summed E-state index contributed by atoms with van der Waals surface area (Å²) in [6.07, 6.45) is 1.73. The molecule has 0 aromatic heterocycles. The van der Waals surface area contributed by atoms with Crippen molar-refractivity contribution < 1.29 is 14.4 Å². The standard InChI is InChI=1S/C9H8ClFN2O3/c10-7-5(11)3-6(13(15)16)8(9(7)14)12-4-1-2-4/h3-4,12,14H,1-2H2. The molecule has 0 atom stereocenters. The van der Waals surface area contributed by atoms with Gasteiger partial charge in [-0.15, -0.1) is 0 Å². The van der Waals surface area contributed by atoms with Crippen molar-refractivity contribution in [3.05, 3.63) is 27.0 Å². The smallest absolute Gasteiger partial charge is 0.299 e. The number of phenolic OH excluding ortho intramolecular Hbond substituents is 1. The van der Waals surface area contributed by atoms with Crippen LogP contribution in [0.15, 0.2) is 6.07 Å². The molecule has 0 spiro atoms. The van der Waals surface area contributed by atoms with Crippen molar-refractivity contribution in [3.8, 4) is 5.75 Å². The van der Waals surface area contributed by atoms with Gasteiger partial charge in [-0.3, -0.25) is 10.1 Å². The van der Waals surface area contributed by atoms with E-state index in [1.807, 2.05) is 0 Å². The number of rotatable bonds is 3. The summed E-state index contributed by atoms with van der Waals surface area (Å²) in [5.41, 5.74) is -0.620. The zero-order valence-electron chi connectivity index (χ0n) is 8.04. The molecule has 1 fully saturated rings. The van der Waals surface area contributed by atoms with Crippen molar-refractivity contribution in [2.24, 2.45) is 0 Å². The van der Waals surface area contributed by atoms with E-state index in [-0.39, 0.29) is 11.7 Å². The average molecular weight is 247 g/mol. The third-order valence-corrected chi connectivity index (χ3v) is 2.66. The number of nitro groups is 1. The first-order chi connectivity index (χ1) is 7.50. The summed E-state index contributed by atoms with van der Waals surface area (Å²) in [5.74, 6) is -1.62. The largest absolute Gasteiger partial charge is 0.504 e. The van der Waals surface area contributed by atoms with Gasteiger partial charge < -0.3 is 10.4 Å². The van der Waals surface area contributed by atoms with Crippen LogP contribution in [-0.4, -0.2) is 16.1 Å². The Kier molecular flexibility index (Phi) is 2.59. The summed E-state index contributed by atoms with van der Waals surface area (Å²) < 4.78 is 13.1. The van der Waals surface area contributed by atoms with Gasteiger partial charge in [0.1, 0.15) is 5.02 Å². The average Bonchev–Trinajstić information content (AvgIpc) is 3.02. The highest BCUT2D eigenvalue weighted by atomic mass is 35.5. The molecule has 0 radical (unpaired) electrons. The molecule has 1 aromatic rings. The monoisotopic (exact) mass is 246 g/mol. The Hall–Kier alpha value is -1.56. The number of hydrogen-bond donors (Lipinski definition) is 2. The highest BCUT2D eigenvalue weighted by Crippen LogP contribution is 2.43. The van der Waals surface area contributed by atoms with Crippen LogP contribution in [0.2, 0.25) is 5.02 Å². The Balaban J connectivity index is 2.51. The van der Waals surface area contributed by atoms with Crippen molar-refractivity contribution in [1.29, 1.82) is 0 Å². The lowest BCUT2D eigenvalue weighted by molar-refractivity contribution is -0.384. The highest BCUT2D eigenvalue weighted by Gasteiger charge is 2.29. The lowest BCUT2D eigenvalue weighted by Gasteiger charge is -2.09. The molecule has 7 heteroatoms. The number of nitro benzene ring substituents is 1. The van der Waals surface area contributed by atoms with Crippen LogP contribution in [0.1, 0.15) is 12.8 Å². The SMILES string of the molecule is O=[N+]([O-])c1cc(F)c(Cl)c(O)c1NC1CC1. The second-order valence-corrected chi connectivity index (χ2v) is 3.97. The number of phenols is 1. The molecule has 16 heavy (non-hydrogen) atoms. The van der Waals surface area contributed by atoms with Crippen molar-refractivity contribution in [3.63, 3.8) is 0 Å². The zero-order chi connectivity index (χ0) is 11.9. The highest BCUT2D eigenvalue weighted by molar-refractivity contribution is 6.32. The summed E-state index contributed by atoms with van der Waals surface area (Å²) in [6.45, 7) is 0. The van der Waals surface area contributed by atoms with E-state index in [0.29, 0.717) is 6.07 Å². The minimum absolute atomic E-state index is 0.0890. The summed E-state index contributed by atoms with van der Waals surface area (Å²) in [7, 11) is 0. The second-order valence-electron chi connectivity index (χ2n) is 3.59. The molecular weight excluding hydrogens is 239 g/mol. The van der Waals surface area contributed by atoms with Gasteiger partial charge in [0.15, 0.2) is 17.3 Å². The van der Waals surface area contributed by atoms with E-state index in [4.69, 9.17) is 11.6 Å². The van der Waals surface area contributed by atoms with Crippen molar-refractivity contribution in [1.82, 2.24) is 0 Å². The van der Waals surface area contributed by atoms with Gasteiger partial charge in [0.05, 0.1) is 11.0 Å². The number of halogens is 2. The molecule has 1 aliphatic carbocycles. The molecule has 1 saturated carbocycles. The van der Waals surface area contributed by atoms with E-state index in [1.165, 1.54) is 0 Å². The molecule has 86 valence electrons.